The maximum atomic E-state index is 13.8. The molecule has 5 atom stereocenters. The molecule has 0 radical (unpaired) electrons. The molecule has 43 heavy (non-hydrogen) atoms. The molecule has 1 aliphatic rings. The first-order valence-electron chi connectivity index (χ1n) is 15.4. The molecule has 1 fully saturated rings. The van der Waals surface area contributed by atoms with E-state index in [9.17, 15) is 24.6 Å². The largest absolute Gasteiger partial charge is 0.444 e. The van der Waals surface area contributed by atoms with Crippen LogP contribution in [0.4, 0.5) is 4.79 Å². The predicted octanol–water partition coefficient (Wildman–Crippen LogP) is 3.16. The van der Waals surface area contributed by atoms with Gasteiger partial charge in [-0.2, -0.15) is 0 Å². The van der Waals surface area contributed by atoms with Crippen LogP contribution in [-0.2, 0) is 27.2 Å². The average molecular weight is 600 g/mol. The average Bonchev–Trinajstić information content (AvgIpc) is 3.48. The lowest BCUT2D eigenvalue weighted by atomic mass is 9.82. The Balaban J connectivity index is 1.82. The van der Waals surface area contributed by atoms with Crippen molar-refractivity contribution < 1.29 is 29.3 Å². The summed E-state index contributed by atoms with van der Waals surface area (Å²) in [7, 11) is 0. The van der Waals surface area contributed by atoms with Crippen molar-refractivity contribution in [2.45, 2.75) is 121 Å². The van der Waals surface area contributed by atoms with E-state index in [-0.39, 0.29) is 12.8 Å². The number of aliphatic hydroxyl groups is 2. The highest BCUT2D eigenvalue weighted by Gasteiger charge is 2.34. The highest BCUT2D eigenvalue weighted by molar-refractivity contribution is 5.91. The number of nitrogens with one attached hydrogen (secondary N) is 4. The van der Waals surface area contributed by atoms with Crippen molar-refractivity contribution in [3.63, 3.8) is 0 Å². The van der Waals surface area contributed by atoms with Crippen LogP contribution in [0.5, 0.6) is 0 Å². The summed E-state index contributed by atoms with van der Waals surface area (Å²) < 4.78 is 5.40. The maximum Gasteiger partial charge on any atom is 0.408 e. The summed E-state index contributed by atoms with van der Waals surface area (Å²) in [6.07, 6.45) is 6.70. The highest BCUT2D eigenvalue weighted by Crippen LogP contribution is 2.28. The lowest BCUT2D eigenvalue weighted by molar-refractivity contribution is -0.131. The molecule has 0 unspecified atom stereocenters. The van der Waals surface area contributed by atoms with Gasteiger partial charge in [0, 0.05) is 24.7 Å². The van der Waals surface area contributed by atoms with Gasteiger partial charge in [0.15, 0.2) is 0 Å². The van der Waals surface area contributed by atoms with E-state index in [1.165, 1.54) is 12.7 Å². The van der Waals surface area contributed by atoms with E-state index in [4.69, 9.17) is 4.74 Å². The zero-order valence-corrected chi connectivity index (χ0v) is 25.8. The number of nitrogens with zero attached hydrogens (tertiary/aromatic N) is 1. The van der Waals surface area contributed by atoms with Crippen LogP contribution in [0.2, 0.25) is 0 Å². The minimum atomic E-state index is -1.15. The normalized spacial score (nSPS) is 17.6. The van der Waals surface area contributed by atoms with Gasteiger partial charge in [-0.15, -0.1) is 0 Å². The number of rotatable bonds is 14. The molecule has 0 saturated heterocycles. The number of aromatic nitrogens is 2. The Kier molecular flexibility index (Phi) is 13.0. The third-order valence-corrected chi connectivity index (χ3v) is 7.77. The number of carbonyl (C=O) groups excluding carboxylic acids is 3. The summed E-state index contributed by atoms with van der Waals surface area (Å²) >= 11 is 0. The van der Waals surface area contributed by atoms with Gasteiger partial charge in [0.2, 0.25) is 11.8 Å². The minimum Gasteiger partial charge on any atom is -0.444 e. The highest BCUT2D eigenvalue weighted by atomic mass is 16.6. The van der Waals surface area contributed by atoms with Crippen molar-refractivity contribution in [1.29, 1.82) is 0 Å². The standard InChI is InChI=1S/C32H49N5O6/c1-5-27(38)28(39)24(16-21-12-8-6-9-13-21)35-30(41)26(18-23-19-33-20-34-23)36-29(40)25(17-22-14-10-7-11-15-22)37-31(42)43-32(2,3)4/h7,10-11,14-15,19-21,24-28,38-39H,5-6,8-9,12-13,16-18H2,1-4H3,(H,33,34)(H,35,41)(H,36,40)(H,37,42)/t24-,25-,26-,27-,28+/m0/s1. The number of aliphatic hydroxyl groups excluding tert-OH is 2. The Bertz CT molecular complexity index is 1130. The molecule has 11 heteroatoms. The summed E-state index contributed by atoms with van der Waals surface area (Å²) in [5.41, 5.74) is 0.675. The quantitative estimate of drug-likeness (QED) is 0.194. The summed E-state index contributed by atoms with van der Waals surface area (Å²) in [4.78, 5) is 47.2. The molecule has 0 spiro atoms. The van der Waals surface area contributed by atoms with Crippen LogP contribution in [0, 0.1) is 5.92 Å². The zero-order chi connectivity index (χ0) is 31.4. The van der Waals surface area contributed by atoms with Crippen LogP contribution in [0.1, 0.15) is 83.9 Å². The van der Waals surface area contributed by atoms with Crippen molar-refractivity contribution >= 4 is 17.9 Å². The molecule has 1 aromatic heterocycles. The Morgan fingerprint density at radius 1 is 0.977 bits per heavy atom. The number of benzene rings is 1. The van der Waals surface area contributed by atoms with Crippen molar-refractivity contribution in [2.75, 3.05) is 0 Å². The molecule has 0 bridgehead atoms. The first kappa shape index (κ1) is 34.1. The van der Waals surface area contributed by atoms with Crippen molar-refractivity contribution in [3.05, 3.63) is 54.1 Å². The van der Waals surface area contributed by atoms with Gasteiger partial charge in [-0.1, -0.05) is 69.4 Å². The van der Waals surface area contributed by atoms with Crippen LogP contribution < -0.4 is 16.0 Å². The number of carbonyl (C=O) groups is 3. The third kappa shape index (κ3) is 11.6. The van der Waals surface area contributed by atoms with Gasteiger partial charge in [-0.05, 0) is 45.1 Å². The van der Waals surface area contributed by atoms with Gasteiger partial charge in [-0.3, -0.25) is 9.59 Å². The Morgan fingerprint density at radius 2 is 1.63 bits per heavy atom. The van der Waals surface area contributed by atoms with Crippen LogP contribution in [-0.4, -0.2) is 74.0 Å². The van der Waals surface area contributed by atoms with E-state index in [1.54, 1.807) is 33.9 Å². The second-order valence-electron chi connectivity index (χ2n) is 12.6. The fraction of sp³-hybridized carbons (Fsp3) is 0.625. The molecular weight excluding hydrogens is 550 g/mol. The number of alkyl carbamates (subject to hydrolysis) is 1. The number of hydrogen-bond acceptors (Lipinski definition) is 7. The Morgan fingerprint density at radius 3 is 2.23 bits per heavy atom. The first-order chi connectivity index (χ1) is 20.4. The van der Waals surface area contributed by atoms with Crippen LogP contribution in [0.3, 0.4) is 0 Å². The van der Waals surface area contributed by atoms with Crippen molar-refractivity contribution in [3.8, 4) is 0 Å². The van der Waals surface area contributed by atoms with Gasteiger partial charge < -0.3 is 35.9 Å². The number of amides is 3. The van der Waals surface area contributed by atoms with E-state index in [2.05, 4.69) is 25.9 Å². The van der Waals surface area contributed by atoms with Crippen LogP contribution >= 0.6 is 0 Å². The second kappa shape index (κ2) is 16.4. The van der Waals surface area contributed by atoms with Crippen molar-refractivity contribution in [2.24, 2.45) is 5.92 Å². The van der Waals surface area contributed by atoms with E-state index >= 15 is 0 Å². The number of ether oxygens (including phenoxy) is 1. The molecular formula is C32H49N5O6. The topological polar surface area (TPSA) is 166 Å². The van der Waals surface area contributed by atoms with E-state index in [0.29, 0.717) is 24.5 Å². The molecule has 3 rings (SSSR count). The molecule has 11 nitrogen and oxygen atoms in total. The number of H-pyrrole nitrogens is 1. The fourth-order valence-corrected chi connectivity index (χ4v) is 5.47. The summed E-state index contributed by atoms with van der Waals surface area (Å²) in [6.45, 7) is 6.98. The van der Waals surface area contributed by atoms with Gasteiger partial charge in [0.1, 0.15) is 17.7 Å². The summed E-state index contributed by atoms with van der Waals surface area (Å²) in [6, 6.07) is 6.48. The first-order valence-corrected chi connectivity index (χ1v) is 15.4. The summed E-state index contributed by atoms with van der Waals surface area (Å²) in [5.74, 6) is -0.735. The maximum absolute atomic E-state index is 13.8. The summed E-state index contributed by atoms with van der Waals surface area (Å²) in [5, 5.41) is 29.9. The van der Waals surface area contributed by atoms with Gasteiger partial charge in [0.05, 0.1) is 24.6 Å². The molecule has 2 aromatic rings. The lowest BCUT2D eigenvalue weighted by Crippen LogP contribution is -2.58. The lowest BCUT2D eigenvalue weighted by Gasteiger charge is -2.33. The van der Waals surface area contributed by atoms with Crippen LogP contribution in [0.25, 0.3) is 0 Å². The molecule has 238 valence electrons. The van der Waals surface area contributed by atoms with E-state index in [0.717, 1.165) is 31.2 Å². The minimum absolute atomic E-state index is 0.102. The molecule has 1 aliphatic carbocycles. The fourth-order valence-electron chi connectivity index (χ4n) is 5.47. The molecule has 1 saturated carbocycles. The van der Waals surface area contributed by atoms with E-state index < -0.39 is 53.8 Å². The van der Waals surface area contributed by atoms with Gasteiger partial charge >= 0.3 is 6.09 Å². The SMILES string of the molecule is CC[C@H](O)[C@H](O)[C@H](CC1CCCCC1)NC(=O)[C@H](Cc1cnc[nH]1)NC(=O)[C@H](Cc1ccccc1)NC(=O)OC(C)(C)C. The molecule has 6 N–H and O–H groups in total. The number of aromatic amines is 1. The Hall–Kier alpha value is -3.44. The second-order valence-corrected chi connectivity index (χ2v) is 12.6. The predicted molar refractivity (Wildman–Crippen MR) is 163 cm³/mol. The van der Waals surface area contributed by atoms with Crippen LogP contribution in [0.15, 0.2) is 42.9 Å². The molecule has 3 amide bonds. The van der Waals surface area contributed by atoms with Crippen molar-refractivity contribution in [1.82, 2.24) is 25.9 Å². The monoisotopic (exact) mass is 599 g/mol. The Labute approximate surface area is 254 Å². The number of hydrogen-bond donors (Lipinski definition) is 6. The molecule has 0 aliphatic heterocycles. The smallest absolute Gasteiger partial charge is 0.408 e. The van der Waals surface area contributed by atoms with E-state index in [1.807, 2.05) is 30.3 Å². The number of imidazole rings is 1. The molecule has 1 aromatic carbocycles. The third-order valence-electron chi connectivity index (χ3n) is 7.77. The zero-order valence-electron chi connectivity index (χ0n) is 25.8. The van der Waals surface area contributed by atoms with Gasteiger partial charge in [-0.25, -0.2) is 9.78 Å². The van der Waals surface area contributed by atoms with Gasteiger partial charge in [0.25, 0.3) is 0 Å². The molecule has 1 heterocycles.